The maximum atomic E-state index is 12.8. The maximum Gasteiger partial charge on any atom is 0.244 e. The van der Waals surface area contributed by atoms with Gasteiger partial charge in [0.2, 0.25) is 15.9 Å². The van der Waals surface area contributed by atoms with E-state index in [9.17, 15) is 17.6 Å². The summed E-state index contributed by atoms with van der Waals surface area (Å²) in [4.78, 5) is 12.1. The lowest BCUT2D eigenvalue weighted by atomic mass is 10.2. The highest BCUT2D eigenvalue weighted by molar-refractivity contribution is 7.89. The molecule has 0 unspecified atom stereocenters. The van der Waals surface area contributed by atoms with Crippen LogP contribution >= 0.6 is 0 Å². The molecule has 7 heteroatoms. The molecule has 0 radical (unpaired) electrons. The Morgan fingerprint density at radius 1 is 1.04 bits per heavy atom. The number of sulfonamides is 1. The first-order valence-electron chi connectivity index (χ1n) is 8.67. The van der Waals surface area contributed by atoms with Crippen molar-refractivity contribution in [3.8, 4) is 0 Å². The van der Waals surface area contributed by atoms with Crippen molar-refractivity contribution >= 4 is 22.0 Å². The van der Waals surface area contributed by atoms with Crippen LogP contribution in [0, 0.1) is 5.82 Å². The number of amides is 1. The van der Waals surface area contributed by atoms with Gasteiger partial charge in [-0.25, -0.2) is 12.8 Å². The molecular formula is C20H23FN2O3S. The average Bonchev–Trinajstić information content (AvgIpc) is 2.67. The molecule has 2 aromatic carbocycles. The molecule has 0 spiro atoms. The quantitative estimate of drug-likeness (QED) is 0.704. The fourth-order valence-electron chi connectivity index (χ4n) is 2.49. The van der Waals surface area contributed by atoms with Crippen LogP contribution in [0.1, 0.15) is 25.0 Å². The van der Waals surface area contributed by atoms with Crippen molar-refractivity contribution in [1.82, 2.24) is 9.62 Å². The topological polar surface area (TPSA) is 66.5 Å². The van der Waals surface area contributed by atoms with E-state index in [1.54, 1.807) is 56.3 Å². The Labute approximate surface area is 159 Å². The molecule has 0 atom stereocenters. The predicted octanol–water partition coefficient (Wildman–Crippen LogP) is 3.19. The average molecular weight is 390 g/mol. The van der Waals surface area contributed by atoms with Crippen LogP contribution in [0.5, 0.6) is 0 Å². The second kappa shape index (κ2) is 9.43. The van der Waals surface area contributed by atoms with E-state index in [0.717, 1.165) is 11.1 Å². The molecule has 0 aromatic heterocycles. The molecule has 27 heavy (non-hydrogen) atoms. The number of nitrogens with one attached hydrogen (secondary N) is 1. The third-order valence-electron chi connectivity index (χ3n) is 4.03. The Bertz CT molecular complexity index is 888. The molecule has 0 aliphatic carbocycles. The fourth-order valence-corrected chi connectivity index (χ4v) is 3.94. The van der Waals surface area contributed by atoms with Crippen LogP contribution in [0.4, 0.5) is 4.39 Å². The van der Waals surface area contributed by atoms with Gasteiger partial charge in [0.1, 0.15) is 5.82 Å². The number of halogens is 1. The van der Waals surface area contributed by atoms with Gasteiger partial charge in [0.15, 0.2) is 0 Å². The molecule has 0 bridgehead atoms. The molecule has 2 aromatic rings. The highest BCUT2D eigenvalue weighted by Gasteiger charge is 2.21. The van der Waals surface area contributed by atoms with Crippen molar-refractivity contribution in [3.05, 3.63) is 71.6 Å². The largest absolute Gasteiger partial charge is 0.348 e. The Kier molecular flexibility index (Phi) is 7.27. The highest BCUT2D eigenvalue weighted by Crippen LogP contribution is 2.16. The molecule has 0 aliphatic rings. The lowest BCUT2D eigenvalue weighted by molar-refractivity contribution is -0.116. The summed E-state index contributed by atoms with van der Waals surface area (Å²) in [5.41, 5.74) is 1.51. The Hall–Kier alpha value is -2.51. The molecule has 1 N–H and O–H groups in total. The van der Waals surface area contributed by atoms with Crippen LogP contribution in [0.3, 0.4) is 0 Å². The van der Waals surface area contributed by atoms with Gasteiger partial charge < -0.3 is 5.32 Å². The second-order valence-electron chi connectivity index (χ2n) is 5.84. The predicted molar refractivity (Wildman–Crippen MR) is 104 cm³/mol. The van der Waals surface area contributed by atoms with Gasteiger partial charge in [-0.05, 0) is 41.5 Å². The number of carbonyl (C=O) groups is 1. The molecular weight excluding hydrogens is 367 g/mol. The first-order valence-corrected chi connectivity index (χ1v) is 10.1. The van der Waals surface area contributed by atoms with Crippen LogP contribution in [0.25, 0.3) is 6.08 Å². The summed E-state index contributed by atoms with van der Waals surface area (Å²) in [6.45, 7) is 4.70. The molecule has 0 aliphatic heterocycles. The van der Waals surface area contributed by atoms with Crippen molar-refractivity contribution in [1.29, 1.82) is 0 Å². The number of benzene rings is 2. The Morgan fingerprint density at radius 3 is 2.19 bits per heavy atom. The molecule has 144 valence electrons. The summed E-state index contributed by atoms with van der Waals surface area (Å²) in [6, 6.07) is 12.3. The Morgan fingerprint density at radius 2 is 1.63 bits per heavy atom. The minimum Gasteiger partial charge on any atom is -0.348 e. The van der Waals surface area contributed by atoms with Crippen LogP contribution in [-0.4, -0.2) is 31.7 Å². The van der Waals surface area contributed by atoms with Gasteiger partial charge in [0.05, 0.1) is 4.90 Å². The van der Waals surface area contributed by atoms with E-state index in [1.165, 1.54) is 22.5 Å². The van der Waals surface area contributed by atoms with Crippen molar-refractivity contribution in [2.24, 2.45) is 0 Å². The van der Waals surface area contributed by atoms with Gasteiger partial charge in [-0.15, -0.1) is 0 Å². The summed E-state index contributed by atoms with van der Waals surface area (Å²) >= 11 is 0. The van der Waals surface area contributed by atoms with E-state index in [2.05, 4.69) is 5.32 Å². The lowest BCUT2D eigenvalue weighted by Crippen LogP contribution is -2.30. The van der Waals surface area contributed by atoms with Gasteiger partial charge in [-0.3, -0.25) is 4.79 Å². The zero-order valence-electron chi connectivity index (χ0n) is 15.4. The number of nitrogens with zero attached hydrogens (tertiary/aromatic N) is 1. The smallest absolute Gasteiger partial charge is 0.244 e. The minimum atomic E-state index is -3.48. The second-order valence-corrected chi connectivity index (χ2v) is 7.77. The lowest BCUT2D eigenvalue weighted by Gasteiger charge is -2.18. The van der Waals surface area contributed by atoms with Gasteiger partial charge in [0.25, 0.3) is 0 Å². The van der Waals surface area contributed by atoms with Gasteiger partial charge in [-0.2, -0.15) is 4.31 Å². The summed E-state index contributed by atoms with van der Waals surface area (Å²) in [5, 5.41) is 2.72. The van der Waals surface area contributed by atoms with E-state index in [0.29, 0.717) is 13.1 Å². The van der Waals surface area contributed by atoms with Gasteiger partial charge in [-0.1, -0.05) is 38.1 Å². The third-order valence-corrected chi connectivity index (χ3v) is 6.09. The van der Waals surface area contributed by atoms with E-state index >= 15 is 0 Å². The van der Waals surface area contributed by atoms with Gasteiger partial charge in [0, 0.05) is 25.7 Å². The summed E-state index contributed by atoms with van der Waals surface area (Å²) in [5.74, 6) is -0.623. The SMILES string of the molecule is CCN(CC)S(=O)(=O)c1ccc(CNC(=O)/C=C/c2ccc(F)cc2)cc1. The number of rotatable bonds is 8. The molecule has 0 saturated carbocycles. The van der Waals surface area contributed by atoms with Crippen molar-refractivity contribution in [2.45, 2.75) is 25.3 Å². The zero-order chi connectivity index (χ0) is 19.9. The molecule has 5 nitrogen and oxygen atoms in total. The zero-order valence-corrected chi connectivity index (χ0v) is 16.2. The first-order chi connectivity index (χ1) is 12.9. The van der Waals surface area contributed by atoms with Crippen molar-refractivity contribution in [3.63, 3.8) is 0 Å². The monoisotopic (exact) mass is 390 g/mol. The molecule has 0 saturated heterocycles. The molecule has 2 rings (SSSR count). The summed E-state index contributed by atoms with van der Waals surface area (Å²) in [6.07, 6.45) is 2.96. The first kappa shape index (κ1) is 20.8. The Balaban J connectivity index is 1.94. The molecule has 0 fully saturated rings. The minimum absolute atomic E-state index is 0.234. The summed E-state index contributed by atoms with van der Waals surface area (Å²) < 4.78 is 39.1. The van der Waals surface area contributed by atoms with E-state index in [-0.39, 0.29) is 23.2 Å². The number of carbonyl (C=O) groups excluding carboxylic acids is 1. The van der Waals surface area contributed by atoms with E-state index in [1.807, 2.05) is 0 Å². The van der Waals surface area contributed by atoms with Crippen LogP contribution in [0.15, 0.2) is 59.5 Å². The highest BCUT2D eigenvalue weighted by atomic mass is 32.2. The summed E-state index contributed by atoms with van der Waals surface area (Å²) in [7, 11) is -3.48. The number of hydrogen-bond acceptors (Lipinski definition) is 3. The van der Waals surface area contributed by atoms with E-state index < -0.39 is 10.0 Å². The van der Waals surface area contributed by atoms with Gasteiger partial charge >= 0.3 is 0 Å². The van der Waals surface area contributed by atoms with Crippen LogP contribution in [0.2, 0.25) is 0 Å². The standard InChI is InChI=1S/C20H23FN2O3S/c1-3-23(4-2)27(25,26)19-12-7-17(8-13-19)15-22-20(24)14-9-16-5-10-18(21)11-6-16/h5-14H,3-4,15H2,1-2H3,(H,22,24)/b14-9+. The van der Waals surface area contributed by atoms with Crippen LogP contribution < -0.4 is 5.32 Å². The normalized spacial score (nSPS) is 11.9. The fraction of sp³-hybridized carbons (Fsp3) is 0.250. The molecule has 1 amide bonds. The number of hydrogen-bond donors (Lipinski definition) is 1. The van der Waals surface area contributed by atoms with E-state index in [4.69, 9.17) is 0 Å². The molecule has 0 heterocycles. The third kappa shape index (κ3) is 5.74. The maximum absolute atomic E-state index is 12.8. The van der Waals surface area contributed by atoms with Crippen molar-refractivity contribution < 1.29 is 17.6 Å². The van der Waals surface area contributed by atoms with Crippen LogP contribution in [-0.2, 0) is 21.4 Å². The van der Waals surface area contributed by atoms with Crippen molar-refractivity contribution in [2.75, 3.05) is 13.1 Å².